The summed E-state index contributed by atoms with van der Waals surface area (Å²) >= 11 is 14.3. The largest absolute Gasteiger partial charge is 0.373 e. The van der Waals surface area contributed by atoms with Crippen LogP contribution in [0, 0.1) is 0 Å². The number of halogens is 2. The van der Waals surface area contributed by atoms with E-state index in [4.69, 9.17) is 23.2 Å². The van der Waals surface area contributed by atoms with Gasteiger partial charge in [0.2, 0.25) is 5.91 Å². The molecule has 0 saturated carbocycles. The number of nitrogens with zero attached hydrogens (tertiary/aromatic N) is 3. The van der Waals surface area contributed by atoms with Crippen molar-refractivity contribution in [2.24, 2.45) is 5.10 Å². The molecule has 0 spiro atoms. The van der Waals surface area contributed by atoms with Gasteiger partial charge in [-0.3, -0.25) is 19.9 Å². The molecule has 2 atom stereocenters. The van der Waals surface area contributed by atoms with Gasteiger partial charge in [-0.1, -0.05) is 71.7 Å². The topological polar surface area (TPSA) is 101 Å². The molecule has 3 aromatic rings. The van der Waals surface area contributed by atoms with Gasteiger partial charge in [0.15, 0.2) is 0 Å². The first-order valence-electron chi connectivity index (χ1n) is 15.5. The maximum Gasteiger partial charge on any atom is 0.277 e. The van der Waals surface area contributed by atoms with E-state index < -0.39 is 6.17 Å². The highest BCUT2D eigenvalue weighted by molar-refractivity contribution is 6.40. The van der Waals surface area contributed by atoms with Gasteiger partial charge in [0.1, 0.15) is 11.9 Å². The standard InChI is InChI=1S/C35H35Cl2N7O2/c1-43-15-13-38-18-23-9-8-21(16-30(23)43)25-4-2-6-27(33(25)36)28-7-3-5-26(34(28)37)22-12-14-44-31(17-22)42-41-29(35(44)46)20-39-19-24-10-11-32(45)40-24/h2-9,12,14,16-17,24,31,38-39,42H,10-11,13,15,18-20H2,1H3,(H,40,45)/t24-,31?/m0/s1. The molecule has 46 heavy (non-hydrogen) atoms. The normalized spacial score (nSPS) is 20.8. The van der Waals surface area contributed by atoms with Crippen molar-refractivity contribution >= 4 is 52.0 Å². The predicted octanol–water partition coefficient (Wildman–Crippen LogP) is 4.76. The van der Waals surface area contributed by atoms with Gasteiger partial charge < -0.3 is 20.9 Å². The minimum atomic E-state index is -0.446. The van der Waals surface area contributed by atoms with E-state index in [1.807, 2.05) is 48.6 Å². The van der Waals surface area contributed by atoms with Crippen LogP contribution in [0.25, 0.3) is 27.8 Å². The number of hydrazone groups is 1. The molecule has 3 aromatic carbocycles. The molecule has 9 nitrogen and oxygen atoms in total. The quantitative estimate of drug-likeness (QED) is 0.293. The Morgan fingerprint density at radius 3 is 2.54 bits per heavy atom. The number of nitrogens with one attached hydrogen (secondary N) is 4. The van der Waals surface area contributed by atoms with E-state index in [0.29, 0.717) is 35.3 Å². The smallest absolute Gasteiger partial charge is 0.277 e. The van der Waals surface area contributed by atoms with Crippen LogP contribution in [0.15, 0.2) is 78.1 Å². The van der Waals surface area contributed by atoms with Gasteiger partial charge >= 0.3 is 0 Å². The molecule has 0 bridgehead atoms. The molecule has 1 saturated heterocycles. The molecule has 11 heteroatoms. The molecule has 4 N–H and O–H groups in total. The Balaban J connectivity index is 1.11. The van der Waals surface area contributed by atoms with Crippen LogP contribution >= 0.6 is 23.2 Å². The van der Waals surface area contributed by atoms with Crippen LogP contribution in [-0.4, -0.2) is 67.9 Å². The van der Waals surface area contributed by atoms with Crippen molar-refractivity contribution in [2.75, 3.05) is 38.1 Å². The average molecular weight is 657 g/mol. The second kappa shape index (κ2) is 12.9. The molecular weight excluding hydrogens is 621 g/mol. The van der Waals surface area contributed by atoms with Gasteiger partial charge in [-0.15, -0.1) is 0 Å². The van der Waals surface area contributed by atoms with Crippen molar-refractivity contribution in [2.45, 2.75) is 31.6 Å². The lowest BCUT2D eigenvalue weighted by molar-refractivity contribution is -0.124. The van der Waals surface area contributed by atoms with Crippen molar-refractivity contribution in [3.05, 3.63) is 94.1 Å². The fourth-order valence-electron chi connectivity index (χ4n) is 6.44. The average Bonchev–Trinajstić information content (AvgIpc) is 3.39. The summed E-state index contributed by atoms with van der Waals surface area (Å²) in [6.45, 7) is 3.61. The van der Waals surface area contributed by atoms with Crippen LogP contribution in [0.5, 0.6) is 0 Å². The molecule has 7 rings (SSSR count). The van der Waals surface area contributed by atoms with Crippen LogP contribution in [0.2, 0.25) is 10.0 Å². The zero-order valence-corrected chi connectivity index (χ0v) is 27.0. The van der Waals surface area contributed by atoms with E-state index in [2.05, 4.69) is 56.6 Å². The first-order valence-corrected chi connectivity index (χ1v) is 16.3. The predicted molar refractivity (Wildman–Crippen MR) is 185 cm³/mol. The van der Waals surface area contributed by atoms with Gasteiger partial charge in [0, 0.05) is 86.4 Å². The number of carbonyl (C=O) groups is 2. The number of amides is 2. The Hall–Kier alpha value is -4.15. The summed E-state index contributed by atoms with van der Waals surface area (Å²) < 4.78 is 0. The molecule has 4 aliphatic rings. The van der Waals surface area contributed by atoms with Gasteiger partial charge in [-0.05, 0) is 41.3 Å². The van der Waals surface area contributed by atoms with Gasteiger partial charge in [0.25, 0.3) is 5.91 Å². The third-order valence-corrected chi connectivity index (χ3v) is 9.79. The zero-order chi connectivity index (χ0) is 31.8. The van der Waals surface area contributed by atoms with Gasteiger partial charge in [0.05, 0.1) is 10.0 Å². The van der Waals surface area contributed by atoms with E-state index in [0.717, 1.165) is 59.4 Å². The summed E-state index contributed by atoms with van der Waals surface area (Å²) in [5.74, 6) is -0.112. The van der Waals surface area contributed by atoms with Gasteiger partial charge in [-0.25, -0.2) is 0 Å². The lowest BCUT2D eigenvalue weighted by Gasteiger charge is -2.34. The third-order valence-electron chi connectivity index (χ3n) is 8.98. The Labute approximate surface area is 278 Å². The van der Waals surface area contributed by atoms with Crippen molar-refractivity contribution in [3.63, 3.8) is 0 Å². The fourth-order valence-corrected chi connectivity index (χ4v) is 7.11. The first-order chi connectivity index (χ1) is 22.4. The van der Waals surface area contributed by atoms with Crippen LogP contribution in [-0.2, 0) is 16.1 Å². The fraction of sp³-hybridized carbons (Fsp3) is 0.286. The molecule has 0 aromatic heterocycles. The highest BCUT2D eigenvalue weighted by atomic mass is 35.5. The van der Waals surface area contributed by atoms with Crippen LogP contribution in [0.4, 0.5) is 5.69 Å². The number of rotatable bonds is 7. The van der Waals surface area contributed by atoms with Crippen molar-refractivity contribution in [1.82, 2.24) is 26.3 Å². The lowest BCUT2D eigenvalue weighted by Crippen LogP contribution is -2.53. The number of anilines is 1. The number of hydrogen-bond acceptors (Lipinski definition) is 7. The molecule has 0 aliphatic carbocycles. The van der Waals surface area contributed by atoms with Crippen molar-refractivity contribution in [3.8, 4) is 22.3 Å². The van der Waals surface area contributed by atoms with E-state index in [1.54, 1.807) is 11.1 Å². The highest BCUT2D eigenvalue weighted by Crippen LogP contribution is 2.42. The Kier molecular flexibility index (Phi) is 8.57. The second-order valence-corrected chi connectivity index (χ2v) is 12.7. The minimum absolute atomic E-state index is 0.0671. The minimum Gasteiger partial charge on any atom is -0.373 e. The SMILES string of the molecule is CN1CCNCc2ccc(-c3cccc(-c4cccc(C5=CC6NN=C(CNC[C@@H]7CCC(=O)N7)C(=O)N6C=C5)c4Cl)c3Cl)cc21. The lowest BCUT2D eigenvalue weighted by atomic mass is 9.94. The molecule has 2 amide bonds. The van der Waals surface area contributed by atoms with E-state index >= 15 is 0 Å². The molecule has 1 unspecified atom stereocenters. The number of benzene rings is 3. The summed E-state index contributed by atoms with van der Waals surface area (Å²) in [6.07, 6.45) is 6.50. The highest BCUT2D eigenvalue weighted by Gasteiger charge is 2.31. The Bertz CT molecular complexity index is 1800. The second-order valence-electron chi connectivity index (χ2n) is 12.0. The van der Waals surface area contributed by atoms with E-state index in [9.17, 15) is 9.59 Å². The van der Waals surface area contributed by atoms with E-state index in [1.165, 1.54) is 11.3 Å². The number of hydrogen-bond donors (Lipinski definition) is 4. The first kappa shape index (κ1) is 30.5. The molecule has 0 radical (unpaired) electrons. The Morgan fingerprint density at radius 1 is 1.00 bits per heavy atom. The monoisotopic (exact) mass is 655 g/mol. The summed E-state index contributed by atoms with van der Waals surface area (Å²) in [6, 6.07) is 18.6. The summed E-state index contributed by atoms with van der Waals surface area (Å²) in [5.41, 5.74) is 11.3. The molecule has 4 aliphatic heterocycles. The summed E-state index contributed by atoms with van der Waals surface area (Å²) in [4.78, 5) is 28.6. The zero-order valence-electron chi connectivity index (χ0n) is 25.4. The number of likely N-dealkylation sites (N-methyl/N-ethyl adjacent to an activating group) is 1. The maximum absolute atomic E-state index is 13.2. The Morgan fingerprint density at radius 2 is 1.76 bits per heavy atom. The van der Waals surface area contributed by atoms with Crippen LogP contribution < -0.4 is 26.3 Å². The molecule has 1 fully saturated rings. The van der Waals surface area contributed by atoms with Gasteiger partial charge in [-0.2, -0.15) is 5.10 Å². The third kappa shape index (κ3) is 5.91. The maximum atomic E-state index is 13.2. The van der Waals surface area contributed by atoms with Crippen molar-refractivity contribution in [1.29, 1.82) is 0 Å². The summed E-state index contributed by atoms with van der Waals surface area (Å²) in [7, 11) is 2.12. The molecular formula is C35H35Cl2N7O2. The number of carbonyl (C=O) groups excluding carboxylic acids is 2. The van der Waals surface area contributed by atoms with Crippen molar-refractivity contribution < 1.29 is 9.59 Å². The summed E-state index contributed by atoms with van der Waals surface area (Å²) in [5, 5.41) is 15.2. The van der Waals surface area contributed by atoms with Crippen LogP contribution in [0.1, 0.15) is 24.0 Å². The number of allylic oxidation sites excluding steroid dienone is 2. The number of fused-ring (bicyclic) bond motifs is 2. The molecule has 236 valence electrons. The van der Waals surface area contributed by atoms with E-state index in [-0.39, 0.29) is 17.9 Å². The van der Waals surface area contributed by atoms with Crippen LogP contribution in [0.3, 0.4) is 0 Å². The molecule has 4 heterocycles.